The first-order valence-electron chi connectivity index (χ1n) is 7.84. The largest absolute Gasteiger partial charge is 0.309 e. The number of nitrogens with one attached hydrogen (secondary N) is 1. The minimum Gasteiger partial charge on any atom is -0.309 e. The molecule has 1 N–H and O–H groups in total. The van der Waals surface area contributed by atoms with Gasteiger partial charge in [0.15, 0.2) is 0 Å². The van der Waals surface area contributed by atoms with Gasteiger partial charge in [0.1, 0.15) is 0 Å². The molecule has 0 heterocycles. The Labute approximate surface area is 143 Å². The summed E-state index contributed by atoms with van der Waals surface area (Å²) in [4.78, 5) is 0. The highest BCUT2D eigenvalue weighted by molar-refractivity contribution is 8.00. The molecule has 0 radical (unpaired) electrons. The van der Waals surface area contributed by atoms with Crippen molar-refractivity contribution in [1.29, 1.82) is 0 Å². The molecule has 118 valence electrons. The van der Waals surface area contributed by atoms with Gasteiger partial charge < -0.3 is 5.32 Å². The van der Waals surface area contributed by atoms with Crippen molar-refractivity contribution >= 4 is 35.0 Å². The molecule has 1 saturated carbocycles. The van der Waals surface area contributed by atoms with Crippen molar-refractivity contribution in [3.63, 3.8) is 0 Å². The van der Waals surface area contributed by atoms with E-state index in [2.05, 4.69) is 24.6 Å². The highest BCUT2D eigenvalue weighted by Gasteiger charge is 2.31. The van der Waals surface area contributed by atoms with Gasteiger partial charge in [-0.15, -0.1) is 0 Å². The maximum absolute atomic E-state index is 6.15. The van der Waals surface area contributed by atoms with Crippen LogP contribution >= 0.6 is 35.0 Å². The molecule has 1 aromatic carbocycles. The van der Waals surface area contributed by atoms with Crippen molar-refractivity contribution in [2.45, 2.75) is 56.2 Å². The van der Waals surface area contributed by atoms with Gasteiger partial charge in [0.2, 0.25) is 0 Å². The summed E-state index contributed by atoms with van der Waals surface area (Å²) in [5.74, 6) is 0. The Kier molecular flexibility index (Phi) is 6.74. The molecule has 1 atom stereocenters. The first-order valence-corrected chi connectivity index (χ1v) is 9.82. The Morgan fingerprint density at radius 3 is 2.48 bits per heavy atom. The fourth-order valence-electron chi connectivity index (χ4n) is 3.19. The molecule has 0 saturated heterocycles. The number of thioether (sulfide) groups is 1. The van der Waals surface area contributed by atoms with Crippen molar-refractivity contribution in [2.24, 2.45) is 0 Å². The van der Waals surface area contributed by atoms with Crippen LogP contribution in [0.1, 0.15) is 57.1 Å². The Morgan fingerprint density at radius 1 is 1.19 bits per heavy atom. The lowest BCUT2D eigenvalue weighted by molar-refractivity contribution is 0.360. The number of hydrogen-bond acceptors (Lipinski definition) is 2. The van der Waals surface area contributed by atoms with Gasteiger partial charge in [-0.2, -0.15) is 11.8 Å². The monoisotopic (exact) mass is 345 g/mol. The third-order valence-corrected chi connectivity index (χ3v) is 6.78. The molecule has 1 aromatic rings. The lowest BCUT2D eigenvalue weighted by Gasteiger charge is -2.37. The van der Waals surface area contributed by atoms with Gasteiger partial charge in [-0.25, -0.2) is 0 Å². The molecule has 4 heteroatoms. The number of halogens is 2. The standard InChI is InChI=1S/C17H25Cl2NS/c1-3-16(13-7-8-14(18)15(19)11-13)20-12-17(21-2)9-5-4-6-10-17/h7-8,11,16,20H,3-6,9-10,12H2,1-2H3. The number of benzene rings is 1. The smallest absolute Gasteiger partial charge is 0.0595 e. The third-order valence-electron chi connectivity index (χ3n) is 4.62. The van der Waals surface area contributed by atoms with Gasteiger partial charge in [-0.3, -0.25) is 0 Å². The second kappa shape index (κ2) is 8.10. The van der Waals surface area contributed by atoms with Crippen molar-refractivity contribution in [2.75, 3.05) is 12.8 Å². The van der Waals surface area contributed by atoms with E-state index in [0.717, 1.165) is 13.0 Å². The van der Waals surface area contributed by atoms with Gasteiger partial charge in [0, 0.05) is 17.3 Å². The Bertz CT molecular complexity index is 458. The van der Waals surface area contributed by atoms with Crippen LogP contribution in [-0.4, -0.2) is 17.5 Å². The summed E-state index contributed by atoms with van der Waals surface area (Å²) in [7, 11) is 0. The molecule has 0 bridgehead atoms. The molecule has 0 amide bonds. The predicted octanol–water partition coefficient (Wildman–Crippen LogP) is 6.10. The van der Waals surface area contributed by atoms with Crippen LogP contribution < -0.4 is 5.32 Å². The van der Waals surface area contributed by atoms with Crippen LogP contribution in [0, 0.1) is 0 Å². The molecule has 2 rings (SSSR count). The van der Waals surface area contributed by atoms with E-state index in [1.165, 1.54) is 37.7 Å². The van der Waals surface area contributed by atoms with Crippen molar-refractivity contribution < 1.29 is 0 Å². The minimum absolute atomic E-state index is 0.353. The molecular weight excluding hydrogens is 321 g/mol. The van der Waals surface area contributed by atoms with E-state index in [9.17, 15) is 0 Å². The average Bonchev–Trinajstić information content (AvgIpc) is 2.52. The zero-order valence-electron chi connectivity index (χ0n) is 12.9. The van der Waals surface area contributed by atoms with Crippen LogP contribution in [0.3, 0.4) is 0 Å². The molecule has 1 aliphatic rings. The molecule has 21 heavy (non-hydrogen) atoms. The van der Waals surface area contributed by atoms with Crippen molar-refractivity contribution in [3.8, 4) is 0 Å². The molecule has 0 spiro atoms. The Morgan fingerprint density at radius 2 is 1.90 bits per heavy atom. The molecule has 1 unspecified atom stereocenters. The van der Waals surface area contributed by atoms with E-state index >= 15 is 0 Å². The summed E-state index contributed by atoms with van der Waals surface area (Å²) in [6, 6.07) is 6.33. The van der Waals surface area contributed by atoms with Gasteiger partial charge in [-0.05, 0) is 43.2 Å². The van der Waals surface area contributed by atoms with E-state index in [1.54, 1.807) is 0 Å². The average molecular weight is 346 g/mol. The Balaban J connectivity index is 2.02. The quantitative estimate of drug-likeness (QED) is 0.668. The van der Waals surface area contributed by atoms with Gasteiger partial charge >= 0.3 is 0 Å². The van der Waals surface area contributed by atoms with E-state index in [1.807, 2.05) is 23.9 Å². The van der Waals surface area contributed by atoms with Crippen LogP contribution in [-0.2, 0) is 0 Å². The predicted molar refractivity (Wildman–Crippen MR) is 96.8 cm³/mol. The summed E-state index contributed by atoms with van der Waals surface area (Å²) in [5, 5.41) is 5.04. The maximum Gasteiger partial charge on any atom is 0.0595 e. The molecule has 0 aliphatic heterocycles. The fourth-order valence-corrected chi connectivity index (χ4v) is 4.42. The van der Waals surface area contributed by atoms with Crippen LogP contribution in [0.25, 0.3) is 0 Å². The molecular formula is C17H25Cl2NS. The van der Waals surface area contributed by atoms with Crippen molar-refractivity contribution in [1.82, 2.24) is 5.32 Å². The van der Waals surface area contributed by atoms with Crippen LogP contribution in [0.5, 0.6) is 0 Å². The second-order valence-corrected chi connectivity index (χ2v) is 8.05. The van der Waals surface area contributed by atoms with Gasteiger partial charge in [0.05, 0.1) is 10.0 Å². The molecule has 1 fully saturated rings. The first kappa shape index (κ1) is 17.5. The van der Waals surface area contributed by atoms with E-state index in [0.29, 0.717) is 20.8 Å². The van der Waals surface area contributed by atoms with Gasteiger partial charge in [0.25, 0.3) is 0 Å². The maximum atomic E-state index is 6.15. The molecule has 1 nitrogen and oxygen atoms in total. The summed E-state index contributed by atoms with van der Waals surface area (Å²) in [5.41, 5.74) is 1.24. The summed E-state index contributed by atoms with van der Waals surface area (Å²) in [6.07, 6.45) is 10.1. The lowest BCUT2D eigenvalue weighted by atomic mass is 9.87. The topological polar surface area (TPSA) is 12.0 Å². The highest BCUT2D eigenvalue weighted by atomic mass is 35.5. The third kappa shape index (κ3) is 4.54. The van der Waals surface area contributed by atoms with Crippen LogP contribution in [0.4, 0.5) is 0 Å². The fraction of sp³-hybridized carbons (Fsp3) is 0.647. The highest BCUT2D eigenvalue weighted by Crippen LogP contribution is 2.38. The summed E-state index contributed by atoms with van der Waals surface area (Å²) >= 11 is 14.2. The lowest BCUT2D eigenvalue weighted by Crippen LogP contribution is -2.40. The SMILES string of the molecule is CCC(NCC1(SC)CCCCC1)c1ccc(Cl)c(Cl)c1. The second-order valence-electron chi connectivity index (χ2n) is 5.96. The Hall–Kier alpha value is 0.110. The van der Waals surface area contributed by atoms with E-state index in [-0.39, 0.29) is 0 Å². The summed E-state index contributed by atoms with van der Waals surface area (Å²) < 4.78 is 0.419. The van der Waals surface area contributed by atoms with E-state index < -0.39 is 0 Å². The normalized spacial score (nSPS) is 19.4. The zero-order chi connectivity index (χ0) is 15.3. The van der Waals surface area contributed by atoms with Crippen LogP contribution in [0.15, 0.2) is 18.2 Å². The zero-order valence-corrected chi connectivity index (χ0v) is 15.3. The number of rotatable bonds is 6. The van der Waals surface area contributed by atoms with Crippen LogP contribution in [0.2, 0.25) is 10.0 Å². The minimum atomic E-state index is 0.353. The van der Waals surface area contributed by atoms with Gasteiger partial charge in [-0.1, -0.05) is 55.5 Å². The van der Waals surface area contributed by atoms with Crippen molar-refractivity contribution in [3.05, 3.63) is 33.8 Å². The molecule has 0 aromatic heterocycles. The summed E-state index contributed by atoms with van der Waals surface area (Å²) in [6.45, 7) is 3.29. The molecule has 1 aliphatic carbocycles. The van der Waals surface area contributed by atoms with E-state index in [4.69, 9.17) is 23.2 Å². The number of hydrogen-bond donors (Lipinski definition) is 1. The first-order chi connectivity index (χ1) is 10.1.